The molecule has 41 heavy (non-hydrogen) atoms. The van der Waals surface area contributed by atoms with Crippen molar-refractivity contribution >= 4 is 0 Å². The van der Waals surface area contributed by atoms with Crippen LogP contribution in [0.5, 0.6) is 0 Å². The lowest BCUT2D eigenvalue weighted by Gasteiger charge is -2.43. The predicted octanol–water partition coefficient (Wildman–Crippen LogP) is 14.8. The first kappa shape index (κ1) is 41.0. The Morgan fingerprint density at radius 3 is 0.805 bits per heavy atom. The molecule has 0 spiro atoms. The highest BCUT2D eigenvalue weighted by Gasteiger charge is 2.36. The zero-order valence-electron chi connectivity index (χ0n) is 30.4. The van der Waals surface area contributed by atoms with Crippen LogP contribution >= 0.6 is 0 Å². The summed E-state index contributed by atoms with van der Waals surface area (Å²) in [6.07, 6.45) is 39.0. The average molecular weight is 579 g/mol. The Labute approximate surface area is 262 Å². The zero-order valence-corrected chi connectivity index (χ0v) is 30.4. The maximum Gasteiger partial charge on any atom is 0.0664 e. The number of unbranched alkanes of at least 4 members (excludes halogenated alkanes) is 22. The second-order valence-electron chi connectivity index (χ2n) is 15.5. The molecule has 2 unspecified atom stereocenters. The van der Waals surface area contributed by atoms with Crippen LogP contribution in [0.25, 0.3) is 0 Å². The third kappa shape index (κ3) is 27.3. The van der Waals surface area contributed by atoms with Crippen LogP contribution in [0.1, 0.15) is 235 Å². The van der Waals surface area contributed by atoms with Gasteiger partial charge in [0.25, 0.3) is 0 Å². The number of rotatable bonds is 32. The molecule has 2 atom stereocenters. The van der Waals surface area contributed by atoms with Crippen molar-refractivity contribution in [3.63, 3.8) is 0 Å². The van der Waals surface area contributed by atoms with Crippen LogP contribution in [0.2, 0.25) is 0 Å². The molecule has 0 N–H and O–H groups in total. The molecule has 0 saturated carbocycles. The van der Waals surface area contributed by atoms with Gasteiger partial charge in [0.2, 0.25) is 0 Å². The topological polar surface area (TPSA) is 9.23 Å². The minimum absolute atomic E-state index is 0.0213. The standard InChI is InChI=1S/C40H82O/c1-9-11-13-15-17-19-21-23-25-27-29-31-33-39(7,35-37(3)4)41-40(8,36-38(5)6)34-32-30-28-26-24-22-20-18-16-14-12-10-2/h37-38H,9-36H2,1-8H3. The fourth-order valence-corrected chi connectivity index (χ4v) is 7.39. The molecule has 0 saturated heterocycles. The van der Waals surface area contributed by atoms with Crippen molar-refractivity contribution in [2.75, 3.05) is 0 Å². The maximum atomic E-state index is 7.25. The highest BCUT2D eigenvalue weighted by molar-refractivity contribution is 4.86. The Balaban J connectivity index is 4.38. The molecule has 0 heterocycles. The smallest absolute Gasteiger partial charge is 0.0664 e. The zero-order chi connectivity index (χ0) is 30.7. The average Bonchev–Trinajstić information content (AvgIpc) is 2.89. The minimum Gasteiger partial charge on any atom is -0.369 e. The van der Waals surface area contributed by atoms with E-state index in [2.05, 4.69) is 55.4 Å². The molecule has 0 aliphatic carbocycles. The monoisotopic (exact) mass is 579 g/mol. The lowest BCUT2D eigenvalue weighted by Crippen LogP contribution is -2.43. The fraction of sp³-hybridized carbons (Fsp3) is 1.00. The van der Waals surface area contributed by atoms with Crippen LogP contribution < -0.4 is 0 Å². The molecule has 0 aromatic carbocycles. The molecule has 0 bridgehead atoms. The molecule has 1 nitrogen and oxygen atoms in total. The quantitative estimate of drug-likeness (QED) is 0.0721. The van der Waals surface area contributed by atoms with E-state index >= 15 is 0 Å². The van der Waals surface area contributed by atoms with Crippen LogP contribution in [0.4, 0.5) is 0 Å². The first-order valence-electron chi connectivity index (χ1n) is 19.4. The summed E-state index contributed by atoms with van der Waals surface area (Å²) in [7, 11) is 0. The van der Waals surface area contributed by atoms with Crippen molar-refractivity contribution in [2.45, 2.75) is 246 Å². The molecular formula is C40H82O. The van der Waals surface area contributed by atoms with E-state index in [4.69, 9.17) is 4.74 Å². The lowest BCUT2D eigenvalue weighted by molar-refractivity contribution is -0.163. The van der Waals surface area contributed by atoms with Crippen molar-refractivity contribution in [1.29, 1.82) is 0 Å². The van der Waals surface area contributed by atoms with Gasteiger partial charge in [0.15, 0.2) is 0 Å². The predicted molar refractivity (Wildman–Crippen MR) is 188 cm³/mol. The Morgan fingerprint density at radius 2 is 0.585 bits per heavy atom. The number of ether oxygens (including phenoxy) is 1. The summed E-state index contributed by atoms with van der Waals surface area (Å²) in [4.78, 5) is 0. The molecule has 0 aliphatic rings. The second-order valence-corrected chi connectivity index (χ2v) is 15.5. The van der Waals surface area contributed by atoms with Crippen molar-refractivity contribution in [3.05, 3.63) is 0 Å². The van der Waals surface area contributed by atoms with Gasteiger partial charge < -0.3 is 4.74 Å². The Bertz CT molecular complexity index is 479. The summed E-state index contributed by atoms with van der Waals surface area (Å²) in [5.41, 5.74) is 0.0425. The molecule has 0 radical (unpaired) electrons. The maximum absolute atomic E-state index is 7.25. The second kappa shape index (κ2) is 27.5. The van der Waals surface area contributed by atoms with E-state index in [0.29, 0.717) is 11.8 Å². The molecular weight excluding hydrogens is 496 g/mol. The summed E-state index contributed by atoms with van der Waals surface area (Å²) < 4.78 is 7.25. The summed E-state index contributed by atoms with van der Waals surface area (Å²) in [6.45, 7) is 19.1. The van der Waals surface area contributed by atoms with Crippen molar-refractivity contribution in [2.24, 2.45) is 11.8 Å². The summed E-state index contributed by atoms with van der Waals surface area (Å²) in [6, 6.07) is 0. The molecule has 0 aliphatic heterocycles. The van der Waals surface area contributed by atoms with Crippen molar-refractivity contribution < 1.29 is 4.74 Å². The normalized spacial score (nSPS) is 15.1. The van der Waals surface area contributed by atoms with E-state index in [1.807, 2.05) is 0 Å². The molecule has 0 aromatic heterocycles. The molecule has 0 fully saturated rings. The summed E-state index contributed by atoms with van der Waals surface area (Å²) >= 11 is 0. The van der Waals surface area contributed by atoms with E-state index < -0.39 is 0 Å². The molecule has 0 aromatic rings. The highest BCUT2D eigenvalue weighted by Crippen LogP contribution is 2.37. The third-order valence-electron chi connectivity index (χ3n) is 9.29. The van der Waals surface area contributed by atoms with Gasteiger partial charge >= 0.3 is 0 Å². The summed E-state index contributed by atoms with van der Waals surface area (Å²) in [5, 5.41) is 0. The van der Waals surface area contributed by atoms with Gasteiger partial charge in [-0.3, -0.25) is 0 Å². The third-order valence-corrected chi connectivity index (χ3v) is 9.29. The van der Waals surface area contributed by atoms with E-state index in [1.165, 1.54) is 180 Å². The van der Waals surface area contributed by atoms with Gasteiger partial charge in [-0.1, -0.05) is 196 Å². The van der Waals surface area contributed by atoms with Gasteiger partial charge in [-0.05, 0) is 51.4 Å². The van der Waals surface area contributed by atoms with E-state index in [0.717, 1.165) is 0 Å². The minimum atomic E-state index is 0.0213. The highest BCUT2D eigenvalue weighted by atomic mass is 16.5. The van der Waals surface area contributed by atoms with Gasteiger partial charge in [-0.25, -0.2) is 0 Å². The van der Waals surface area contributed by atoms with Gasteiger partial charge in [0.05, 0.1) is 11.2 Å². The Kier molecular flexibility index (Phi) is 27.5. The van der Waals surface area contributed by atoms with E-state index in [1.54, 1.807) is 0 Å². The largest absolute Gasteiger partial charge is 0.369 e. The first-order valence-corrected chi connectivity index (χ1v) is 19.4. The molecule has 0 amide bonds. The molecule has 248 valence electrons. The van der Waals surface area contributed by atoms with Crippen LogP contribution in [-0.2, 0) is 4.74 Å². The van der Waals surface area contributed by atoms with Crippen molar-refractivity contribution in [1.82, 2.24) is 0 Å². The van der Waals surface area contributed by atoms with Crippen LogP contribution in [0.15, 0.2) is 0 Å². The first-order chi connectivity index (χ1) is 19.7. The lowest BCUT2D eigenvalue weighted by atomic mass is 9.84. The van der Waals surface area contributed by atoms with Crippen LogP contribution in [0.3, 0.4) is 0 Å². The fourth-order valence-electron chi connectivity index (χ4n) is 7.39. The van der Waals surface area contributed by atoms with Gasteiger partial charge in [0, 0.05) is 0 Å². The Hall–Kier alpha value is -0.0400. The van der Waals surface area contributed by atoms with E-state index in [-0.39, 0.29) is 11.2 Å². The molecule has 0 rings (SSSR count). The summed E-state index contributed by atoms with van der Waals surface area (Å²) in [5.74, 6) is 1.37. The van der Waals surface area contributed by atoms with Crippen LogP contribution in [0, 0.1) is 11.8 Å². The number of hydrogen-bond donors (Lipinski definition) is 0. The Morgan fingerprint density at radius 1 is 0.366 bits per heavy atom. The van der Waals surface area contributed by atoms with Gasteiger partial charge in [-0.15, -0.1) is 0 Å². The number of hydrogen-bond acceptors (Lipinski definition) is 1. The van der Waals surface area contributed by atoms with Crippen LogP contribution in [-0.4, -0.2) is 11.2 Å². The van der Waals surface area contributed by atoms with Crippen molar-refractivity contribution in [3.8, 4) is 0 Å². The SMILES string of the molecule is CCCCCCCCCCCCCCC(C)(CC(C)C)OC(C)(CCCCCCCCCCCCCC)CC(C)C. The molecule has 1 heteroatoms. The van der Waals surface area contributed by atoms with Gasteiger partial charge in [0.1, 0.15) is 0 Å². The van der Waals surface area contributed by atoms with Gasteiger partial charge in [-0.2, -0.15) is 0 Å². The van der Waals surface area contributed by atoms with E-state index in [9.17, 15) is 0 Å².